The van der Waals surface area contributed by atoms with E-state index < -0.39 is 0 Å². The van der Waals surface area contributed by atoms with Crippen LogP contribution in [0.1, 0.15) is 10.4 Å². The molecule has 0 spiro atoms. The van der Waals surface area contributed by atoms with Crippen LogP contribution in [-0.4, -0.2) is 13.2 Å². The van der Waals surface area contributed by atoms with Gasteiger partial charge in [0.2, 0.25) is 0 Å². The van der Waals surface area contributed by atoms with E-state index in [1.165, 1.54) is 22.6 Å². The number of ether oxygens (including phenoxy) is 1. The van der Waals surface area contributed by atoms with Crippen molar-refractivity contribution in [1.29, 1.82) is 0 Å². The van der Waals surface area contributed by atoms with Crippen molar-refractivity contribution in [2.24, 2.45) is 0 Å². The lowest BCUT2D eigenvalue weighted by molar-refractivity contribution is 0.311. The smallest absolute Gasteiger partial charge is 0.133 e. The van der Waals surface area contributed by atoms with Gasteiger partial charge in [-0.15, -0.1) is 11.3 Å². The number of rotatable bonds is 6. The van der Waals surface area contributed by atoms with Crippen LogP contribution in [0.2, 0.25) is 0 Å². The van der Waals surface area contributed by atoms with E-state index in [1.807, 2.05) is 0 Å². The zero-order valence-corrected chi connectivity index (χ0v) is 13.0. The summed E-state index contributed by atoms with van der Waals surface area (Å²) in [6, 6.07) is 6.54. The van der Waals surface area contributed by atoms with E-state index in [1.54, 1.807) is 17.4 Å². The van der Waals surface area contributed by atoms with Crippen LogP contribution in [0.5, 0.6) is 5.75 Å². The summed E-state index contributed by atoms with van der Waals surface area (Å²) in [4.78, 5) is 1.35. The first kappa shape index (κ1) is 14.5. The fraction of sp³-hybridized carbons (Fsp3) is 0.286. The van der Waals surface area contributed by atoms with Crippen LogP contribution < -0.4 is 10.1 Å². The maximum Gasteiger partial charge on any atom is 0.133 e. The molecule has 0 amide bonds. The van der Waals surface area contributed by atoms with Crippen molar-refractivity contribution in [2.75, 3.05) is 13.2 Å². The number of aryl methyl sites for hydroxylation is 1. The number of hydrogen-bond donors (Lipinski definition) is 1. The second-order valence-corrected chi connectivity index (χ2v) is 5.98. The molecule has 1 heterocycles. The third kappa shape index (κ3) is 4.30. The topological polar surface area (TPSA) is 21.3 Å². The number of hydrogen-bond acceptors (Lipinski definition) is 3. The molecular formula is C14H15BrFNOS. The Morgan fingerprint density at radius 2 is 2.21 bits per heavy atom. The van der Waals surface area contributed by atoms with Gasteiger partial charge in [-0.05, 0) is 58.1 Å². The second-order valence-electron chi connectivity index (χ2n) is 4.13. The standard InChI is InChI=1S/C14H15BrFNOS/c1-10-4-7-19-14(10)9-17-5-6-18-13-3-2-11(16)8-12(13)15/h2-4,7-8,17H,5-6,9H2,1H3. The van der Waals surface area contributed by atoms with Crippen LogP contribution in [0.15, 0.2) is 34.1 Å². The predicted octanol–water partition coefficient (Wildman–Crippen LogP) is 4.13. The molecule has 5 heteroatoms. The molecule has 1 N–H and O–H groups in total. The number of thiophene rings is 1. The summed E-state index contributed by atoms with van der Waals surface area (Å²) < 4.78 is 19.1. The Balaban J connectivity index is 1.71. The molecule has 1 aromatic heterocycles. The molecule has 0 fully saturated rings. The molecule has 0 saturated heterocycles. The molecule has 1 aromatic carbocycles. The molecule has 0 aliphatic rings. The lowest BCUT2D eigenvalue weighted by Crippen LogP contribution is -2.20. The Labute approximate surface area is 124 Å². The van der Waals surface area contributed by atoms with Crippen molar-refractivity contribution in [3.63, 3.8) is 0 Å². The van der Waals surface area contributed by atoms with Crippen molar-refractivity contribution < 1.29 is 9.13 Å². The fourth-order valence-electron chi connectivity index (χ4n) is 1.61. The van der Waals surface area contributed by atoms with E-state index in [2.05, 4.69) is 39.6 Å². The van der Waals surface area contributed by atoms with E-state index >= 15 is 0 Å². The van der Waals surface area contributed by atoms with E-state index in [0.29, 0.717) is 16.8 Å². The minimum Gasteiger partial charge on any atom is -0.491 e. The van der Waals surface area contributed by atoms with Gasteiger partial charge in [0.25, 0.3) is 0 Å². The largest absolute Gasteiger partial charge is 0.491 e. The molecule has 0 radical (unpaired) electrons. The van der Waals surface area contributed by atoms with Gasteiger partial charge in [-0.2, -0.15) is 0 Å². The highest BCUT2D eigenvalue weighted by Crippen LogP contribution is 2.25. The zero-order valence-electron chi connectivity index (χ0n) is 10.6. The zero-order chi connectivity index (χ0) is 13.7. The van der Waals surface area contributed by atoms with Gasteiger partial charge in [0.05, 0.1) is 4.47 Å². The van der Waals surface area contributed by atoms with Crippen LogP contribution in [0.25, 0.3) is 0 Å². The van der Waals surface area contributed by atoms with Gasteiger partial charge in [-0.1, -0.05) is 0 Å². The average Bonchev–Trinajstić information content (AvgIpc) is 2.77. The molecular weight excluding hydrogens is 329 g/mol. The molecule has 0 unspecified atom stereocenters. The first-order valence-electron chi connectivity index (χ1n) is 5.98. The summed E-state index contributed by atoms with van der Waals surface area (Å²) in [6.45, 7) is 4.27. The number of nitrogens with one attached hydrogen (secondary N) is 1. The first-order valence-corrected chi connectivity index (χ1v) is 7.65. The Morgan fingerprint density at radius 3 is 2.89 bits per heavy atom. The molecule has 19 heavy (non-hydrogen) atoms. The SMILES string of the molecule is Cc1ccsc1CNCCOc1ccc(F)cc1Br. The molecule has 0 atom stereocenters. The van der Waals surface area contributed by atoms with Gasteiger partial charge in [-0.3, -0.25) is 0 Å². The van der Waals surface area contributed by atoms with Gasteiger partial charge in [0, 0.05) is 18.0 Å². The van der Waals surface area contributed by atoms with Crippen molar-refractivity contribution in [3.05, 3.63) is 50.4 Å². The van der Waals surface area contributed by atoms with Crippen LogP contribution in [0.4, 0.5) is 4.39 Å². The molecule has 2 nitrogen and oxygen atoms in total. The average molecular weight is 344 g/mol. The summed E-state index contributed by atoms with van der Waals surface area (Å²) >= 11 is 5.03. The highest BCUT2D eigenvalue weighted by molar-refractivity contribution is 9.10. The van der Waals surface area contributed by atoms with Crippen LogP contribution in [0, 0.1) is 12.7 Å². The Bertz CT molecular complexity index is 544. The number of halogens is 2. The van der Waals surface area contributed by atoms with Gasteiger partial charge < -0.3 is 10.1 Å². The monoisotopic (exact) mass is 343 g/mol. The van der Waals surface area contributed by atoms with Gasteiger partial charge >= 0.3 is 0 Å². The van der Waals surface area contributed by atoms with Crippen LogP contribution >= 0.6 is 27.3 Å². The predicted molar refractivity (Wildman–Crippen MR) is 80.4 cm³/mol. The molecule has 0 saturated carbocycles. The third-order valence-corrected chi connectivity index (χ3v) is 4.33. The van der Waals surface area contributed by atoms with E-state index in [-0.39, 0.29) is 5.82 Å². The Kier molecular flexibility index (Phi) is 5.36. The summed E-state index contributed by atoms with van der Waals surface area (Å²) in [5, 5.41) is 5.42. The number of benzene rings is 1. The molecule has 2 rings (SSSR count). The van der Waals surface area contributed by atoms with Crippen molar-refractivity contribution in [2.45, 2.75) is 13.5 Å². The van der Waals surface area contributed by atoms with Crippen molar-refractivity contribution in [3.8, 4) is 5.75 Å². The molecule has 0 bridgehead atoms. The second kappa shape index (κ2) is 7.03. The highest BCUT2D eigenvalue weighted by atomic mass is 79.9. The molecule has 0 aliphatic heterocycles. The van der Waals surface area contributed by atoms with E-state index in [9.17, 15) is 4.39 Å². The highest BCUT2D eigenvalue weighted by Gasteiger charge is 2.02. The summed E-state index contributed by atoms with van der Waals surface area (Å²) in [5.41, 5.74) is 1.32. The fourth-order valence-corrected chi connectivity index (χ4v) is 2.95. The summed E-state index contributed by atoms with van der Waals surface area (Å²) in [7, 11) is 0. The summed E-state index contributed by atoms with van der Waals surface area (Å²) in [6.07, 6.45) is 0. The lowest BCUT2D eigenvalue weighted by Gasteiger charge is -2.09. The van der Waals surface area contributed by atoms with E-state index in [0.717, 1.165) is 13.1 Å². The van der Waals surface area contributed by atoms with Crippen molar-refractivity contribution in [1.82, 2.24) is 5.32 Å². The van der Waals surface area contributed by atoms with Gasteiger partial charge in [0.15, 0.2) is 0 Å². The lowest BCUT2D eigenvalue weighted by atomic mass is 10.3. The molecule has 2 aromatic rings. The minimum absolute atomic E-state index is 0.273. The first-order chi connectivity index (χ1) is 9.16. The Hall–Kier alpha value is -0.910. The maximum atomic E-state index is 12.9. The normalized spacial score (nSPS) is 10.7. The van der Waals surface area contributed by atoms with Crippen LogP contribution in [0.3, 0.4) is 0 Å². The van der Waals surface area contributed by atoms with Crippen LogP contribution in [-0.2, 0) is 6.54 Å². The maximum absolute atomic E-state index is 12.9. The minimum atomic E-state index is -0.273. The Morgan fingerprint density at radius 1 is 1.37 bits per heavy atom. The molecule has 0 aliphatic carbocycles. The van der Waals surface area contributed by atoms with Crippen molar-refractivity contribution >= 4 is 27.3 Å². The van der Waals surface area contributed by atoms with Gasteiger partial charge in [-0.25, -0.2) is 4.39 Å². The molecule has 102 valence electrons. The summed E-state index contributed by atoms with van der Waals surface area (Å²) in [5.74, 6) is 0.390. The third-order valence-electron chi connectivity index (χ3n) is 2.68. The quantitative estimate of drug-likeness (QED) is 0.796. The van der Waals surface area contributed by atoms with Gasteiger partial charge in [0.1, 0.15) is 18.2 Å². The van der Waals surface area contributed by atoms with E-state index in [4.69, 9.17) is 4.74 Å².